The van der Waals surface area contributed by atoms with Gasteiger partial charge in [0.25, 0.3) is 0 Å². The van der Waals surface area contributed by atoms with Crippen molar-refractivity contribution in [3.63, 3.8) is 0 Å². The molecule has 1 aliphatic heterocycles. The molecule has 18 heavy (non-hydrogen) atoms. The number of quaternary nitrogens is 1. The van der Waals surface area contributed by atoms with E-state index >= 15 is 0 Å². The van der Waals surface area contributed by atoms with Gasteiger partial charge in [-0.3, -0.25) is 0 Å². The molecule has 1 N–H and O–H groups in total. The van der Waals surface area contributed by atoms with Gasteiger partial charge >= 0.3 is 0 Å². The zero-order chi connectivity index (χ0) is 12.3. The van der Waals surface area contributed by atoms with Gasteiger partial charge in [0, 0.05) is 0 Å². The van der Waals surface area contributed by atoms with Gasteiger partial charge in [-0.25, -0.2) is 0 Å². The van der Waals surface area contributed by atoms with Crippen LogP contribution in [-0.2, 0) is 0 Å². The second-order valence-corrected chi connectivity index (χ2v) is 5.97. The molecule has 0 aliphatic carbocycles. The van der Waals surface area contributed by atoms with Gasteiger partial charge in [0.15, 0.2) is 0 Å². The van der Waals surface area contributed by atoms with Gasteiger partial charge in [0.2, 0.25) is 0 Å². The van der Waals surface area contributed by atoms with E-state index < -0.39 is 0 Å². The highest BCUT2D eigenvalue weighted by atomic mass is 35.5. The predicted molar refractivity (Wildman–Crippen MR) is 76.6 cm³/mol. The van der Waals surface area contributed by atoms with Crippen molar-refractivity contribution in [1.29, 1.82) is 0 Å². The molecule has 1 rings (SSSR count). The Labute approximate surface area is 121 Å². The molecule has 2 heteroatoms. The Hall–Kier alpha value is 0.250. The summed E-state index contributed by atoms with van der Waals surface area (Å²) in [4.78, 5) is 1.89. The van der Waals surface area contributed by atoms with Crippen LogP contribution in [0, 0.1) is 5.92 Å². The van der Waals surface area contributed by atoms with Gasteiger partial charge in [0.1, 0.15) is 0 Å². The third-order valence-electron chi connectivity index (χ3n) is 4.52. The monoisotopic (exact) mass is 275 g/mol. The van der Waals surface area contributed by atoms with Crippen molar-refractivity contribution in [1.82, 2.24) is 0 Å². The van der Waals surface area contributed by atoms with Gasteiger partial charge < -0.3 is 17.3 Å². The normalized spacial score (nSPS) is 23.7. The Bertz CT molecular complexity index is 164. The van der Waals surface area contributed by atoms with Crippen molar-refractivity contribution >= 4 is 0 Å². The van der Waals surface area contributed by atoms with Crippen LogP contribution in [0.3, 0.4) is 0 Å². The smallest absolute Gasteiger partial charge is 0.0773 e. The first kappa shape index (κ1) is 18.2. The van der Waals surface area contributed by atoms with Crippen molar-refractivity contribution in [2.45, 2.75) is 78.1 Å². The molecule has 0 unspecified atom stereocenters. The summed E-state index contributed by atoms with van der Waals surface area (Å²) in [5.74, 6) is 1.05. The van der Waals surface area contributed by atoms with E-state index in [1.807, 2.05) is 4.90 Å². The summed E-state index contributed by atoms with van der Waals surface area (Å²) in [7, 11) is 0. The predicted octanol–water partition coefficient (Wildman–Crippen LogP) is 0.446. The van der Waals surface area contributed by atoms with Gasteiger partial charge in [0.05, 0.1) is 19.6 Å². The first-order valence-electron chi connectivity index (χ1n) is 8.20. The van der Waals surface area contributed by atoms with Crippen LogP contribution >= 0.6 is 0 Å². The summed E-state index contributed by atoms with van der Waals surface area (Å²) in [5.41, 5.74) is 0. The average molecular weight is 276 g/mol. The minimum atomic E-state index is 0. The SMILES string of the molecule is CCCCCCCCC[NH+]1CCC(CC)CC1.[Cl-]. The quantitative estimate of drug-likeness (QED) is 0.583. The van der Waals surface area contributed by atoms with Crippen LogP contribution in [0.4, 0.5) is 0 Å². The van der Waals surface area contributed by atoms with Crippen LogP contribution in [0.2, 0.25) is 0 Å². The van der Waals surface area contributed by atoms with Gasteiger partial charge in [-0.1, -0.05) is 52.4 Å². The van der Waals surface area contributed by atoms with Crippen LogP contribution in [0.5, 0.6) is 0 Å². The number of rotatable bonds is 9. The lowest BCUT2D eigenvalue weighted by atomic mass is 9.94. The number of likely N-dealkylation sites (tertiary alicyclic amines) is 1. The van der Waals surface area contributed by atoms with Crippen LogP contribution in [0.1, 0.15) is 78.1 Å². The number of unbranched alkanes of at least 4 members (excludes halogenated alkanes) is 6. The molecular formula is C16H34ClN. The first-order chi connectivity index (χ1) is 8.36. The Kier molecular flexibility index (Phi) is 12.5. The zero-order valence-corrected chi connectivity index (χ0v) is 13.4. The molecular weight excluding hydrogens is 242 g/mol. The van der Waals surface area contributed by atoms with Crippen LogP contribution in [-0.4, -0.2) is 19.6 Å². The molecule has 0 aromatic rings. The fourth-order valence-electron chi connectivity index (χ4n) is 3.08. The molecule has 0 atom stereocenters. The standard InChI is InChI=1S/C16H33N.ClH/c1-3-5-6-7-8-9-10-13-17-14-11-16(4-2)12-15-17;/h16H,3-15H2,1-2H3;1H. The third-order valence-corrected chi connectivity index (χ3v) is 4.52. The molecule has 1 aliphatic rings. The van der Waals surface area contributed by atoms with E-state index in [9.17, 15) is 0 Å². The van der Waals surface area contributed by atoms with Crippen LogP contribution < -0.4 is 17.3 Å². The molecule has 1 saturated heterocycles. The second-order valence-electron chi connectivity index (χ2n) is 5.97. The van der Waals surface area contributed by atoms with Crippen LogP contribution in [0.25, 0.3) is 0 Å². The van der Waals surface area contributed by atoms with Crippen molar-refractivity contribution in [2.75, 3.05) is 19.6 Å². The summed E-state index contributed by atoms with van der Waals surface area (Å²) in [6, 6.07) is 0. The molecule has 0 aromatic heterocycles. The van der Waals surface area contributed by atoms with Gasteiger partial charge in [-0.15, -0.1) is 0 Å². The lowest BCUT2D eigenvalue weighted by Crippen LogP contribution is -3.13. The number of nitrogens with one attached hydrogen (secondary N) is 1. The molecule has 1 fully saturated rings. The maximum absolute atomic E-state index is 2.35. The van der Waals surface area contributed by atoms with E-state index in [1.54, 1.807) is 0 Å². The molecule has 1 heterocycles. The highest BCUT2D eigenvalue weighted by molar-refractivity contribution is 4.59. The van der Waals surface area contributed by atoms with Crippen LogP contribution in [0.15, 0.2) is 0 Å². The van der Waals surface area contributed by atoms with E-state index in [4.69, 9.17) is 0 Å². The summed E-state index contributed by atoms with van der Waals surface area (Å²) >= 11 is 0. The average Bonchev–Trinajstić information content (AvgIpc) is 2.38. The van der Waals surface area contributed by atoms with E-state index in [0.29, 0.717) is 0 Å². The van der Waals surface area contributed by atoms with Gasteiger partial charge in [-0.05, 0) is 31.6 Å². The maximum atomic E-state index is 2.35. The van der Waals surface area contributed by atoms with Gasteiger partial charge in [-0.2, -0.15) is 0 Å². The van der Waals surface area contributed by atoms with E-state index in [2.05, 4.69) is 13.8 Å². The molecule has 1 nitrogen and oxygen atoms in total. The molecule has 0 amide bonds. The second kappa shape index (κ2) is 12.3. The topological polar surface area (TPSA) is 4.44 Å². The minimum Gasteiger partial charge on any atom is -1.00 e. The first-order valence-corrected chi connectivity index (χ1v) is 8.20. The summed E-state index contributed by atoms with van der Waals surface area (Å²) in [6.45, 7) is 9.00. The van der Waals surface area contributed by atoms with Crippen molar-refractivity contribution in [3.05, 3.63) is 0 Å². The molecule has 110 valence electrons. The zero-order valence-electron chi connectivity index (χ0n) is 12.6. The minimum absolute atomic E-state index is 0. The molecule has 0 aromatic carbocycles. The number of hydrogen-bond acceptors (Lipinski definition) is 0. The van der Waals surface area contributed by atoms with Crippen molar-refractivity contribution in [2.24, 2.45) is 5.92 Å². The molecule has 0 spiro atoms. The molecule has 0 saturated carbocycles. The van der Waals surface area contributed by atoms with E-state index in [-0.39, 0.29) is 12.4 Å². The lowest BCUT2D eigenvalue weighted by molar-refractivity contribution is -0.906. The van der Waals surface area contributed by atoms with E-state index in [0.717, 1.165) is 5.92 Å². The van der Waals surface area contributed by atoms with Crippen molar-refractivity contribution in [3.8, 4) is 0 Å². The summed E-state index contributed by atoms with van der Waals surface area (Å²) < 4.78 is 0. The third kappa shape index (κ3) is 8.37. The Morgan fingerprint density at radius 1 is 0.833 bits per heavy atom. The maximum Gasteiger partial charge on any atom is 0.0773 e. The highest BCUT2D eigenvalue weighted by Gasteiger charge is 2.19. The molecule has 0 bridgehead atoms. The number of piperidine rings is 1. The fraction of sp³-hybridized carbons (Fsp3) is 1.00. The highest BCUT2D eigenvalue weighted by Crippen LogP contribution is 2.13. The largest absolute Gasteiger partial charge is 1.00 e. The Morgan fingerprint density at radius 3 is 1.94 bits per heavy atom. The number of hydrogen-bond donors (Lipinski definition) is 1. The fourth-order valence-corrected chi connectivity index (χ4v) is 3.08. The summed E-state index contributed by atoms with van der Waals surface area (Å²) in [5, 5.41) is 0. The Morgan fingerprint density at radius 2 is 1.39 bits per heavy atom. The number of halogens is 1. The molecule has 0 radical (unpaired) electrons. The Balaban J connectivity index is 0.00000289. The van der Waals surface area contributed by atoms with E-state index in [1.165, 1.54) is 83.8 Å². The lowest BCUT2D eigenvalue weighted by Gasteiger charge is -2.28. The summed E-state index contributed by atoms with van der Waals surface area (Å²) in [6.07, 6.45) is 14.6. The van der Waals surface area contributed by atoms with Crippen molar-refractivity contribution < 1.29 is 17.3 Å².